The van der Waals surface area contributed by atoms with Gasteiger partial charge in [-0.15, -0.1) is 0 Å². The Morgan fingerprint density at radius 3 is 2.53 bits per heavy atom. The molecule has 0 saturated carbocycles. The van der Waals surface area contributed by atoms with Crippen molar-refractivity contribution in [1.29, 1.82) is 0 Å². The molecular weight excluding hydrogens is 234 g/mol. The van der Waals surface area contributed by atoms with Crippen LogP contribution >= 0.6 is 0 Å². The Morgan fingerprint density at radius 1 is 1.16 bits per heavy atom. The van der Waals surface area contributed by atoms with Crippen molar-refractivity contribution in [3.8, 4) is 0 Å². The molecule has 1 saturated heterocycles. The zero-order valence-electron chi connectivity index (χ0n) is 12.6. The molecule has 0 bridgehead atoms. The smallest absolute Gasteiger partial charge is 0.0475 e. The van der Waals surface area contributed by atoms with Crippen molar-refractivity contribution in [1.82, 2.24) is 5.32 Å². The zero-order valence-corrected chi connectivity index (χ0v) is 12.6. The summed E-state index contributed by atoms with van der Waals surface area (Å²) >= 11 is 0. The van der Waals surface area contributed by atoms with Gasteiger partial charge in [-0.1, -0.05) is 25.1 Å². The Balaban J connectivity index is 2.22. The molecule has 2 rings (SSSR count). The maximum absolute atomic E-state index is 5.58. The quantitative estimate of drug-likeness (QED) is 0.821. The van der Waals surface area contributed by atoms with Gasteiger partial charge in [0.05, 0.1) is 0 Å². The van der Waals surface area contributed by atoms with E-state index in [-0.39, 0.29) is 5.41 Å². The summed E-state index contributed by atoms with van der Waals surface area (Å²) in [6.07, 6.45) is 3.46. The van der Waals surface area contributed by atoms with Gasteiger partial charge in [-0.05, 0) is 56.3 Å². The second-order valence-corrected chi connectivity index (χ2v) is 5.87. The first-order valence-corrected chi connectivity index (χ1v) is 7.54. The largest absolute Gasteiger partial charge is 0.381 e. The number of nitrogens with one attached hydrogen (secondary N) is 1. The van der Waals surface area contributed by atoms with Gasteiger partial charge in [0, 0.05) is 25.2 Å². The lowest BCUT2D eigenvalue weighted by molar-refractivity contribution is 0.0499. The Morgan fingerprint density at radius 2 is 1.89 bits per heavy atom. The van der Waals surface area contributed by atoms with Crippen molar-refractivity contribution in [3.05, 3.63) is 34.9 Å². The molecule has 0 amide bonds. The molecule has 1 aliphatic rings. The maximum atomic E-state index is 5.58. The molecule has 0 unspecified atom stereocenters. The molecule has 19 heavy (non-hydrogen) atoms. The topological polar surface area (TPSA) is 21.3 Å². The number of rotatable bonds is 5. The molecule has 0 atom stereocenters. The number of aryl methyl sites for hydroxylation is 2. The van der Waals surface area contributed by atoms with Crippen LogP contribution in [0, 0.1) is 13.8 Å². The summed E-state index contributed by atoms with van der Waals surface area (Å²) in [4.78, 5) is 0. The second kappa shape index (κ2) is 6.53. The van der Waals surface area contributed by atoms with Gasteiger partial charge in [-0.3, -0.25) is 0 Å². The molecule has 0 aromatic heterocycles. The van der Waals surface area contributed by atoms with E-state index in [2.05, 4.69) is 44.3 Å². The van der Waals surface area contributed by atoms with Crippen molar-refractivity contribution >= 4 is 0 Å². The van der Waals surface area contributed by atoms with Crippen LogP contribution in [0.3, 0.4) is 0 Å². The first kappa shape index (κ1) is 14.5. The van der Waals surface area contributed by atoms with E-state index in [1.165, 1.54) is 23.1 Å². The molecule has 0 spiro atoms. The van der Waals surface area contributed by atoms with Crippen LogP contribution < -0.4 is 5.32 Å². The van der Waals surface area contributed by atoms with Crippen LogP contribution in [-0.2, 0) is 10.2 Å². The highest BCUT2D eigenvalue weighted by molar-refractivity contribution is 5.35. The lowest BCUT2D eigenvalue weighted by Crippen LogP contribution is -2.43. The van der Waals surface area contributed by atoms with Crippen LogP contribution in [-0.4, -0.2) is 26.3 Å². The third-order valence-electron chi connectivity index (χ3n) is 4.46. The van der Waals surface area contributed by atoms with E-state index in [1.807, 2.05) is 0 Å². The monoisotopic (exact) mass is 261 g/mol. The highest BCUT2D eigenvalue weighted by Gasteiger charge is 2.34. The third-order valence-corrected chi connectivity index (χ3v) is 4.46. The Bertz CT molecular complexity index is 408. The highest BCUT2D eigenvalue weighted by Crippen LogP contribution is 2.35. The summed E-state index contributed by atoms with van der Waals surface area (Å²) in [6.45, 7) is 10.6. The predicted octanol–water partition coefficient (Wildman–Crippen LogP) is 3.35. The Labute approximate surface area is 117 Å². The van der Waals surface area contributed by atoms with E-state index in [9.17, 15) is 0 Å². The van der Waals surface area contributed by atoms with Crippen LogP contribution in [0.5, 0.6) is 0 Å². The van der Waals surface area contributed by atoms with Gasteiger partial charge >= 0.3 is 0 Å². The summed E-state index contributed by atoms with van der Waals surface area (Å²) in [5.41, 5.74) is 4.54. The number of hydrogen-bond acceptors (Lipinski definition) is 2. The molecule has 1 fully saturated rings. The minimum atomic E-state index is 0.270. The van der Waals surface area contributed by atoms with Crippen molar-refractivity contribution in [3.63, 3.8) is 0 Å². The van der Waals surface area contributed by atoms with Gasteiger partial charge < -0.3 is 10.1 Å². The lowest BCUT2D eigenvalue weighted by Gasteiger charge is -2.38. The van der Waals surface area contributed by atoms with Gasteiger partial charge in [0.25, 0.3) is 0 Å². The van der Waals surface area contributed by atoms with Crippen LogP contribution in [0.4, 0.5) is 0 Å². The van der Waals surface area contributed by atoms with Crippen molar-refractivity contribution in [2.45, 2.75) is 45.4 Å². The summed E-state index contributed by atoms with van der Waals surface area (Å²) in [7, 11) is 0. The fraction of sp³-hybridized carbons (Fsp3) is 0.647. The van der Waals surface area contributed by atoms with Gasteiger partial charge in [0.15, 0.2) is 0 Å². The van der Waals surface area contributed by atoms with E-state index in [1.54, 1.807) is 0 Å². The van der Waals surface area contributed by atoms with Gasteiger partial charge in [-0.2, -0.15) is 0 Å². The average molecular weight is 261 g/mol. The first-order chi connectivity index (χ1) is 9.18. The molecule has 0 radical (unpaired) electrons. The molecule has 1 N–H and O–H groups in total. The van der Waals surface area contributed by atoms with E-state index in [4.69, 9.17) is 4.74 Å². The summed E-state index contributed by atoms with van der Waals surface area (Å²) in [6, 6.07) is 6.97. The third kappa shape index (κ3) is 3.37. The predicted molar refractivity (Wildman–Crippen MR) is 80.8 cm³/mol. The van der Waals surface area contributed by atoms with E-state index >= 15 is 0 Å². The minimum Gasteiger partial charge on any atom is -0.381 e. The van der Waals surface area contributed by atoms with Crippen LogP contribution in [0.25, 0.3) is 0 Å². The van der Waals surface area contributed by atoms with Crippen LogP contribution in [0.1, 0.15) is 42.9 Å². The van der Waals surface area contributed by atoms with Crippen molar-refractivity contribution < 1.29 is 4.74 Å². The first-order valence-electron chi connectivity index (χ1n) is 7.54. The fourth-order valence-corrected chi connectivity index (χ4v) is 2.91. The minimum absolute atomic E-state index is 0.270. The van der Waals surface area contributed by atoms with E-state index < -0.39 is 0 Å². The molecule has 1 aromatic rings. The molecule has 2 nitrogen and oxygen atoms in total. The second-order valence-electron chi connectivity index (χ2n) is 5.87. The summed E-state index contributed by atoms with van der Waals surface area (Å²) < 4.78 is 5.58. The van der Waals surface area contributed by atoms with Gasteiger partial charge in [0.2, 0.25) is 0 Å². The normalized spacial score (nSPS) is 18.5. The average Bonchev–Trinajstić information content (AvgIpc) is 2.43. The van der Waals surface area contributed by atoms with Gasteiger partial charge in [-0.25, -0.2) is 0 Å². The van der Waals surface area contributed by atoms with Crippen LogP contribution in [0.2, 0.25) is 0 Å². The van der Waals surface area contributed by atoms with E-state index in [0.29, 0.717) is 0 Å². The van der Waals surface area contributed by atoms with Crippen molar-refractivity contribution in [2.75, 3.05) is 26.3 Å². The number of ether oxygens (including phenoxy) is 1. The molecule has 1 heterocycles. The summed E-state index contributed by atoms with van der Waals surface area (Å²) in [5, 5.41) is 3.62. The van der Waals surface area contributed by atoms with Crippen LogP contribution in [0.15, 0.2) is 18.2 Å². The van der Waals surface area contributed by atoms with E-state index in [0.717, 1.165) is 39.1 Å². The SMILES string of the molecule is CCCNCC1(c2ccc(C)c(C)c2)CCOCC1. The molecule has 106 valence electrons. The molecule has 1 aliphatic heterocycles. The summed E-state index contributed by atoms with van der Waals surface area (Å²) in [5.74, 6) is 0. The lowest BCUT2D eigenvalue weighted by atomic mass is 9.73. The molecular formula is C17H27NO. The molecule has 0 aliphatic carbocycles. The van der Waals surface area contributed by atoms with Crippen molar-refractivity contribution in [2.24, 2.45) is 0 Å². The molecule has 1 aromatic carbocycles. The zero-order chi connectivity index (χ0) is 13.7. The Hall–Kier alpha value is -0.860. The van der Waals surface area contributed by atoms with Gasteiger partial charge in [0.1, 0.15) is 0 Å². The maximum Gasteiger partial charge on any atom is 0.0475 e. The number of benzene rings is 1. The Kier molecular flexibility index (Phi) is 5.00. The highest BCUT2D eigenvalue weighted by atomic mass is 16.5. The fourth-order valence-electron chi connectivity index (χ4n) is 2.91. The standard InChI is InChI=1S/C17H27NO/c1-4-9-18-13-17(7-10-19-11-8-17)16-6-5-14(2)15(3)12-16/h5-6,12,18H,4,7-11,13H2,1-3H3. The number of hydrogen-bond donors (Lipinski definition) is 1. The molecule has 2 heteroatoms.